The van der Waals surface area contributed by atoms with Crippen molar-refractivity contribution in [3.05, 3.63) is 39.9 Å². The molecular formula is C16H20BrNO4. The number of amides is 1. The van der Waals surface area contributed by atoms with Crippen LogP contribution in [0.2, 0.25) is 0 Å². The molecule has 1 aromatic rings. The van der Waals surface area contributed by atoms with Crippen LogP contribution in [0.5, 0.6) is 0 Å². The lowest BCUT2D eigenvalue weighted by Crippen LogP contribution is -2.32. The lowest BCUT2D eigenvalue weighted by Gasteiger charge is -2.19. The van der Waals surface area contributed by atoms with Crippen LogP contribution in [0.15, 0.2) is 28.7 Å². The van der Waals surface area contributed by atoms with Gasteiger partial charge in [0.25, 0.3) is 0 Å². The number of aromatic carboxylic acids is 1. The van der Waals surface area contributed by atoms with Crippen molar-refractivity contribution in [1.82, 2.24) is 5.32 Å². The maximum absolute atomic E-state index is 11.4. The number of carboxylic acids is 1. The maximum atomic E-state index is 11.4. The molecule has 0 saturated heterocycles. The standard InChI is InChI=1S/C16H20BrNO4/c1-16(2,3)22-15(21)18-9-5-4-6-11-10-12(17)7-8-13(11)14(19)20/h4,6-8,10H,5,9H2,1-3H3,(H,18,21)(H,19,20). The van der Waals surface area contributed by atoms with Crippen molar-refractivity contribution >= 4 is 34.1 Å². The fourth-order valence-electron chi connectivity index (χ4n) is 1.65. The highest BCUT2D eigenvalue weighted by Crippen LogP contribution is 2.18. The zero-order valence-corrected chi connectivity index (χ0v) is 14.4. The van der Waals surface area contributed by atoms with Gasteiger partial charge >= 0.3 is 12.1 Å². The molecule has 5 nitrogen and oxygen atoms in total. The number of hydrogen-bond acceptors (Lipinski definition) is 3. The van der Waals surface area contributed by atoms with Gasteiger partial charge in [0.1, 0.15) is 5.60 Å². The summed E-state index contributed by atoms with van der Waals surface area (Å²) in [6.45, 7) is 5.81. The van der Waals surface area contributed by atoms with Crippen molar-refractivity contribution in [2.24, 2.45) is 0 Å². The van der Waals surface area contributed by atoms with Crippen molar-refractivity contribution < 1.29 is 19.4 Å². The molecule has 6 heteroatoms. The minimum Gasteiger partial charge on any atom is -0.478 e. The Bertz CT molecular complexity index is 576. The van der Waals surface area contributed by atoms with Gasteiger partial charge in [0.2, 0.25) is 0 Å². The molecule has 0 aliphatic carbocycles. The van der Waals surface area contributed by atoms with Crippen LogP contribution < -0.4 is 5.32 Å². The van der Waals surface area contributed by atoms with Gasteiger partial charge in [0.15, 0.2) is 0 Å². The SMILES string of the molecule is CC(C)(C)OC(=O)NCCC=Cc1cc(Br)ccc1C(=O)O. The second-order valence-corrected chi connectivity index (χ2v) is 6.57. The van der Waals surface area contributed by atoms with E-state index in [1.807, 2.05) is 6.08 Å². The third-order valence-corrected chi connectivity index (χ3v) is 3.01. The van der Waals surface area contributed by atoms with Crippen LogP contribution in [0.1, 0.15) is 43.1 Å². The van der Waals surface area contributed by atoms with Crippen LogP contribution in [0.4, 0.5) is 4.79 Å². The highest BCUT2D eigenvalue weighted by Gasteiger charge is 2.15. The molecule has 1 amide bonds. The Kier molecular flexibility index (Phi) is 6.61. The molecule has 2 N–H and O–H groups in total. The van der Waals surface area contributed by atoms with Gasteiger partial charge in [0.05, 0.1) is 5.56 Å². The number of rotatable bonds is 5. The molecule has 0 aliphatic rings. The summed E-state index contributed by atoms with van der Waals surface area (Å²) in [5.74, 6) is -0.973. The van der Waals surface area contributed by atoms with Gasteiger partial charge in [-0.15, -0.1) is 0 Å². The molecule has 0 unspecified atom stereocenters. The van der Waals surface area contributed by atoms with Gasteiger partial charge in [-0.1, -0.05) is 28.1 Å². The van der Waals surface area contributed by atoms with E-state index in [9.17, 15) is 9.59 Å². The average molecular weight is 370 g/mol. The first-order valence-electron chi connectivity index (χ1n) is 6.85. The number of alkyl carbamates (subject to hydrolysis) is 1. The molecule has 0 heterocycles. The summed E-state index contributed by atoms with van der Waals surface area (Å²) in [7, 11) is 0. The second-order valence-electron chi connectivity index (χ2n) is 5.66. The van der Waals surface area contributed by atoms with Gasteiger partial charge in [-0.05, 0) is 51.0 Å². The van der Waals surface area contributed by atoms with E-state index >= 15 is 0 Å². The molecule has 0 radical (unpaired) electrons. The minimum atomic E-state index is -0.973. The third kappa shape index (κ3) is 6.76. The molecule has 0 saturated carbocycles. The maximum Gasteiger partial charge on any atom is 0.407 e. The van der Waals surface area contributed by atoms with Gasteiger partial charge in [-0.2, -0.15) is 0 Å². The molecule has 1 aromatic carbocycles. The van der Waals surface area contributed by atoms with Crippen molar-refractivity contribution in [3.8, 4) is 0 Å². The molecule has 120 valence electrons. The Morgan fingerprint density at radius 2 is 2.05 bits per heavy atom. The molecule has 22 heavy (non-hydrogen) atoms. The molecule has 0 spiro atoms. The van der Waals surface area contributed by atoms with Crippen LogP contribution in [-0.4, -0.2) is 29.3 Å². The number of benzene rings is 1. The summed E-state index contributed by atoms with van der Waals surface area (Å²) < 4.78 is 5.92. The lowest BCUT2D eigenvalue weighted by atomic mass is 10.1. The van der Waals surface area contributed by atoms with Crippen LogP contribution in [0.3, 0.4) is 0 Å². The summed E-state index contributed by atoms with van der Waals surface area (Å²) in [5, 5.41) is 11.8. The van der Waals surface area contributed by atoms with Gasteiger partial charge in [0, 0.05) is 11.0 Å². The summed E-state index contributed by atoms with van der Waals surface area (Å²) >= 11 is 3.31. The number of carbonyl (C=O) groups is 2. The Balaban J connectivity index is 2.52. The lowest BCUT2D eigenvalue weighted by molar-refractivity contribution is 0.0528. The monoisotopic (exact) mass is 369 g/mol. The largest absolute Gasteiger partial charge is 0.478 e. The van der Waals surface area contributed by atoms with Crippen molar-refractivity contribution in [2.45, 2.75) is 32.8 Å². The van der Waals surface area contributed by atoms with Crippen molar-refractivity contribution in [3.63, 3.8) is 0 Å². The Hall–Kier alpha value is -1.82. The van der Waals surface area contributed by atoms with E-state index in [1.165, 1.54) is 0 Å². The molecule has 1 rings (SSSR count). The highest BCUT2D eigenvalue weighted by atomic mass is 79.9. The van der Waals surface area contributed by atoms with E-state index in [-0.39, 0.29) is 5.56 Å². The van der Waals surface area contributed by atoms with Crippen LogP contribution in [0, 0.1) is 0 Å². The summed E-state index contributed by atoms with van der Waals surface area (Å²) in [5.41, 5.74) is 0.325. The van der Waals surface area contributed by atoms with Crippen LogP contribution >= 0.6 is 15.9 Å². The first kappa shape index (κ1) is 18.2. The number of halogens is 1. The number of nitrogens with one attached hydrogen (secondary N) is 1. The third-order valence-electron chi connectivity index (χ3n) is 2.52. The predicted molar refractivity (Wildman–Crippen MR) is 89.0 cm³/mol. The predicted octanol–water partition coefficient (Wildman–Crippen LogP) is 4.08. The Labute approximate surface area is 138 Å². The number of ether oxygens (including phenoxy) is 1. The second kappa shape index (κ2) is 7.98. The van der Waals surface area contributed by atoms with E-state index < -0.39 is 17.7 Å². The number of hydrogen-bond donors (Lipinski definition) is 2. The first-order chi connectivity index (χ1) is 10.2. The van der Waals surface area contributed by atoms with Gasteiger partial charge in [-0.25, -0.2) is 9.59 Å². The van der Waals surface area contributed by atoms with Crippen molar-refractivity contribution in [2.75, 3.05) is 6.54 Å². The van der Waals surface area contributed by atoms with E-state index in [0.717, 1.165) is 4.47 Å². The summed E-state index contributed by atoms with van der Waals surface area (Å²) in [6, 6.07) is 4.97. The molecule has 0 aromatic heterocycles. The fraction of sp³-hybridized carbons (Fsp3) is 0.375. The summed E-state index contributed by atoms with van der Waals surface area (Å²) in [6.07, 6.45) is 3.65. The normalized spacial score (nSPS) is 11.5. The zero-order chi connectivity index (χ0) is 16.8. The summed E-state index contributed by atoms with van der Waals surface area (Å²) in [4.78, 5) is 22.6. The van der Waals surface area contributed by atoms with Crippen molar-refractivity contribution in [1.29, 1.82) is 0 Å². The number of carbonyl (C=O) groups excluding carboxylic acids is 1. The molecule has 0 aliphatic heterocycles. The molecule has 0 bridgehead atoms. The molecule has 0 fully saturated rings. The van der Waals surface area contributed by atoms with E-state index in [4.69, 9.17) is 9.84 Å². The quantitative estimate of drug-likeness (QED) is 0.766. The minimum absolute atomic E-state index is 0.236. The first-order valence-corrected chi connectivity index (χ1v) is 7.64. The molecular weight excluding hydrogens is 350 g/mol. The average Bonchev–Trinajstić information content (AvgIpc) is 2.35. The van der Waals surface area contributed by atoms with Crippen LogP contribution in [-0.2, 0) is 4.74 Å². The van der Waals surface area contributed by atoms with E-state index in [2.05, 4.69) is 21.2 Å². The topological polar surface area (TPSA) is 75.6 Å². The van der Waals surface area contributed by atoms with E-state index in [1.54, 1.807) is 45.0 Å². The Morgan fingerprint density at radius 3 is 2.64 bits per heavy atom. The number of carboxylic acid groups (broad SMARTS) is 1. The highest BCUT2D eigenvalue weighted by molar-refractivity contribution is 9.10. The fourth-order valence-corrected chi connectivity index (χ4v) is 2.03. The van der Waals surface area contributed by atoms with Crippen LogP contribution in [0.25, 0.3) is 6.08 Å². The van der Waals surface area contributed by atoms with Gasteiger partial charge in [-0.3, -0.25) is 0 Å². The molecule has 0 atom stereocenters. The zero-order valence-electron chi connectivity index (χ0n) is 12.9. The smallest absolute Gasteiger partial charge is 0.407 e. The van der Waals surface area contributed by atoms with E-state index in [0.29, 0.717) is 18.5 Å². The Morgan fingerprint density at radius 1 is 1.36 bits per heavy atom. The van der Waals surface area contributed by atoms with Gasteiger partial charge < -0.3 is 15.2 Å².